The lowest BCUT2D eigenvalue weighted by Gasteiger charge is -2.04. The molecule has 1 N–H and O–H groups in total. The molecule has 0 spiro atoms. The summed E-state index contributed by atoms with van der Waals surface area (Å²) in [6.07, 6.45) is -2.63. The van der Waals surface area contributed by atoms with Crippen LogP contribution in [-0.2, 0) is 0 Å². The normalized spacial score (nSPS) is 10.9. The van der Waals surface area contributed by atoms with Gasteiger partial charge in [-0.2, -0.15) is 0 Å². The Morgan fingerprint density at radius 2 is 2.12 bits per heavy atom. The molecule has 2 rings (SSSR count). The predicted octanol–water partition coefficient (Wildman–Crippen LogP) is 1.57. The van der Waals surface area contributed by atoms with Gasteiger partial charge in [-0.15, -0.1) is 0 Å². The molecule has 0 saturated heterocycles. The summed E-state index contributed by atoms with van der Waals surface area (Å²) in [7, 11) is 0. The molecule has 0 aliphatic rings. The van der Waals surface area contributed by atoms with Gasteiger partial charge < -0.3 is 9.72 Å². The largest absolute Gasteiger partial charge is 0.468 e. The molecule has 0 aliphatic heterocycles. The van der Waals surface area contributed by atoms with Gasteiger partial charge in [0, 0.05) is 0 Å². The SMILES string of the molecule is O=c1[nH]c2ccccc2nc1OCC(F)F. The number of H-pyrrole nitrogens is 1. The number of hydrogen-bond acceptors (Lipinski definition) is 3. The highest BCUT2D eigenvalue weighted by molar-refractivity contribution is 5.73. The van der Waals surface area contributed by atoms with E-state index in [1.54, 1.807) is 24.3 Å². The van der Waals surface area contributed by atoms with E-state index in [-0.39, 0.29) is 5.88 Å². The Kier molecular flexibility index (Phi) is 2.80. The van der Waals surface area contributed by atoms with Crippen LogP contribution < -0.4 is 10.3 Å². The van der Waals surface area contributed by atoms with Crippen molar-refractivity contribution in [1.29, 1.82) is 0 Å². The number of alkyl halides is 2. The zero-order chi connectivity index (χ0) is 11.5. The molecular formula is C10H8F2N2O2. The minimum Gasteiger partial charge on any atom is -0.468 e. The number of benzene rings is 1. The van der Waals surface area contributed by atoms with Crippen molar-refractivity contribution < 1.29 is 13.5 Å². The van der Waals surface area contributed by atoms with E-state index in [9.17, 15) is 13.6 Å². The monoisotopic (exact) mass is 226 g/mol. The zero-order valence-corrected chi connectivity index (χ0v) is 8.11. The third-order valence-corrected chi connectivity index (χ3v) is 1.91. The molecule has 0 saturated carbocycles. The quantitative estimate of drug-likeness (QED) is 0.864. The first kappa shape index (κ1) is 10.5. The molecule has 1 heterocycles. The summed E-state index contributed by atoms with van der Waals surface area (Å²) in [6.45, 7) is -0.839. The number of hydrogen-bond donors (Lipinski definition) is 1. The molecule has 4 nitrogen and oxygen atoms in total. The molecular weight excluding hydrogens is 218 g/mol. The highest BCUT2D eigenvalue weighted by Crippen LogP contribution is 2.09. The molecule has 84 valence electrons. The van der Waals surface area contributed by atoms with Crippen molar-refractivity contribution in [2.24, 2.45) is 0 Å². The standard InChI is InChI=1S/C10H8F2N2O2/c11-8(12)5-16-10-9(15)13-6-3-1-2-4-7(6)14-10/h1-4,8H,5H2,(H,13,15). The molecule has 0 fully saturated rings. The minimum absolute atomic E-state index is 0.334. The van der Waals surface area contributed by atoms with Crippen LogP contribution in [0.25, 0.3) is 11.0 Å². The van der Waals surface area contributed by atoms with Gasteiger partial charge in [0.15, 0.2) is 6.61 Å². The fraction of sp³-hybridized carbons (Fsp3) is 0.200. The van der Waals surface area contributed by atoms with Crippen LogP contribution in [0.15, 0.2) is 29.1 Å². The van der Waals surface area contributed by atoms with Gasteiger partial charge in [0.25, 0.3) is 12.3 Å². The first-order chi connectivity index (χ1) is 7.66. The van der Waals surface area contributed by atoms with Gasteiger partial charge in [0.05, 0.1) is 11.0 Å². The summed E-state index contributed by atoms with van der Waals surface area (Å²) in [5.41, 5.74) is 0.419. The molecule has 0 unspecified atom stereocenters. The van der Waals surface area contributed by atoms with Crippen molar-refractivity contribution in [3.05, 3.63) is 34.6 Å². The van der Waals surface area contributed by atoms with Crippen LogP contribution >= 0.6 is 0 Å². The molecule has 6 heteroatoms. The maximum atomic E-state index is 11.9. The van der Waals surface area contributed by atoms with Crippen LogP contribution in [0.3, 0.4) is 0 Å². The summed E-state index contributed by atoms with van der Waals surface area (Å²) in [4.78, 5) is 17.7. The summed E-state index contributed by atoms with van der Waals surface area (Å²) in [5, 5.41) is 0. The number of aromatic amines is 1. The van der Waals surface area contributed by atoms with Gasteiger partial charge in [-0.05, 0) is 12.1 Å². The molecule has 2 aromatic rings. The molecule has 0 amide bonds. The number of para-hydroxylation sites is 2. The molecule has 0 aliphatic carbocycles. The Morgan fingerprint density at radius 1 is 1.38 bits per heavy atom. The van der Waals surface area contributed by atoms with Crippen LogP contribution in [0, 0.1) is 0 Å². The summed E-state index contributed by atoms with van der Waals surface area (Å²) >= 11 is 0. The van der Waals surface area contributed by atoms with Crippen molar-refractivity contribution in [1.82, 2.24) is 9.97 Å². The first-order valence-electron chi connectivity index (χ1n) is 4.57. The van der Waals surface area contributed by atoms with E-state index in [1.165, 1.54) is 0 Å². The number of rotatable bonds is 3. The highest BCUT2D eigenvalue weighted by atomic mass is 19.3. The minimum atomic E-state index is -2.63. The molecule has 1 aromatic heterocycles. The number of aromatic nitrogens is 2. The summed E-state index contributed by atoms with van der Waals surface area (Å²) in [5.74, 6) is -0.334. The van der Waals surface area contributed by atoms with Crippen molar-refractivity contribution in [2.45, 2.75) is 6.43 Å². The van der Waals surface area contributed by atoms with Gasteiger partial charge in [-0.1, -0.05) is 12.1 Å². The van der Waals surface area contributed by atoms with E-state index in [2.05, 4.69) is 14.7 Å². The average Bonchev–Trinajstić information content (AvgIpc) is 2.26. The van der Waals surface area contributed by atoms with Crippen LogP contribution in [0.2, 0.25) is 0 Å². The lowest BCUT2D eigenvalue weighted by Crippen LogP contribution is -2.17. The van der Waals surface area contributed by atoms with Crippen molar-refractivity contribution in [3.63, 3.8) is 0 Å². The lowest BCUT2D eigenvalue weighted by molar-refractivity contribution is 0.0789. The number of fused-ring (bicyclic) bond motifs is 1. The van der Waals surface area contributed by atoms with Crippen molar-refractivity contribution in [2.75, 3.05) is 6.61 Å². The predicted molar refractivity (Wildman–Crippen MR) is 53.9 cm³/mol. The fourth-order valence-electron chi connectivity index (χ4n) is 1.25. The molecule has 0 atom stereocenters. The third-order valence-electron chi connectivity index (χ3n) is 1.91. The maximum Gasteiger partial charge on any atom is 0.311 e. The first-order valence-corrected chi connectivity index (χ1v) is 4.57. The van der Waals surface area contributed by atoms with E-state index >= 15 is 0 Å². The van der Waals surface area contributed by atoms with Crippen LogP contribution in [0.5, 0.6) is 5.88 Å². The fourth-order valence-corrected chi connectivity index (χ4v) is 1.25. The van der Waals surface area contributed by atoms with E-state index < -0.39 is 18.6 Å². The van der Waals surface area contributed by atoms with E-state index in [0.717, 1.165) is 0 Å². The third kappa shape index (κ3) is 2.16. The second-order valence-electron chi connectivity index (χ2n) is 3.09. The van der Waals surface area contributed by atoms with E-state index in [4.69, 9.17) is 0 Å². The Balaban J connectivity index is 2.38. The molecule has 1 aromatic carbocycles. The van der Waals surface area contributed by atoms with Crippen molar-refractivity contribution >= 4 is 11.0 Å². The van der Waals surface area contributed by atoms with Crippen molar-refractivity contribution in [3.8, 4) is 5.88 Å². The van der Waals surface area contributed by atoms with E-state index in [0.29, 0.717) is 11.0 Å². The maximum absolute atomic E-state index is 11.9. The Labute approximate surface area is 88.9 Å². The Hall–Kier alpha value is -1.98. The second-order valence-corrected chi connectivity index (χ2v) is 3.09. The topological polar surface area (TPSA) is 55.0 Å². The number of halogens is 2. The molecule has 16 heavy (non-hydrogen) atoms. The van der Waals surface area contributed by atoms with E-state index in [1.807, 2.05) is 0 Å². The molecule has 0 bridgehead atoms. The van der Waals surface area contributed by atoms with Crippen LogP contribution in [-0.4, -0.2) is 23.0 Å². The van der Waals surface area contributed by atoms with Gasteiger partial charge >= 0.3 is 5.56 Å². The highest BCUT2D eigenvalue weighted by Gasteiger charge is 2.09. The molecule has 0 radical (unpaired) electrons. The average molecular weight is 226 g/mol. The van der Waals surface area contributed by atoms with Gasteiger partial charge in [-0.25, -0.2) is 13.8 Å². The number of ether oxygens (including phenoxy) is 1. The summed E-state index contributed by atoms with van der Waals surface area (Å²) in [6, 6.07) is 6.78. The Morgan fingerprint density at radius 3 is 2.88 bits per heavy atom. The van der Waals surface area contributed by atoms with Gasteiger partial charge in [0.2, 0.25) is 0 Å². The Bertz CT molecular complexity index is 554. The van der Waals surface area contributed by atoms with Gasteiger partial charge in [0.1, 0.15) is 0 Å². The van der Waals surface area contributed by atoms with Gasteiger partial charge in [-0.3, -0.25) is 4.79 Å². The summed E-state index contributed by atoms with van der Waals surface area (Å²) < 4.78 is 28.4. The zero-order valence-electron chi connectivity index (χ0n) is 8.11. The smallest absolute Gasteiger partial charge is 0.311 e. The number of nitrogens with one attached hydrogen (secondary N) is 1. The van der Waals surface area contributed by atoms with Crippen LogP contribution in [0.4, 0.5) is 8.78 Å². The lowest BCUT2D eigenvalue weighted by atomic mass is 10.3. The second kappa shape index (κ2) is 4.26. The number of nitrogens with zero attached hydrogens (tertiary/aromatic N) is 1. The van der Waals surface area contributed by atoms with Crippen LogP contribution in [0.1, 0.15) is 0 Å².